The number of benzene rings is 2. The van der Waals surface area contributed by atoms with Gasteiger partial charge in [0.05, 0.1) is 31.9 Å². The lowest BCUT2D eigenvalue weighted by Gasteiger charge is -2.45. The van der Waals surface area contributed by atoms with Crippen LogP contribution in [-0.2, 0) is 32.1 Å². The smallest absolute Gasteiger partial charge is 0.224 e. The van der Waals surface area contributed by atoms with Crippen molar-refractivity contribution >= 4 is 30.1 Å². The Kier molecular flexibility index (Phi) is 12.0. The van der Waals surface area contributed by atoms with E-state index in [2.05, 4.69) is 17.9 Å². The number of Topliss-reactive ketones (excluding diaryl/α,β-unsaturated/α-hetero) is 2. The summed E-state index contributed by atoms with van der Waals surface area (Å²) in [5.74, 6) is -0.149. The van der Waals surface area contributed by atoms with Gasteiger partial charge in [0.2, 0.25) is 5.91 Å². The minimum Gasteiger partial charge on any atom is -0.369 e. The molecule has 0 aliphatic heterocycles. The molecular weight excluding hydrogens is 450 g/mol. The summed E-state index contributed by atoms with van der Waals surface area (Å²) in [4.78, 5) is 39.7. The zero-order valence-electron chi connectivity index (χ0n) is 19.7. The van der Waals surface area contributed by atoms with Crippen molar-refractivity contribution in [1.29, 1.82) is 0 Å². The quantitative estimate of drug-likeness (QED) is 0.249. The van der Waals surface area contributed by atoms with Crippen molar-refractivity contribution < 1.29 is 19.1 Å². The number of carbonyl (C=O) groups excluding carboxylic acids is 3. The van der Waals surface area contributed by atoms with Crippen LogP contribution in [0.15, 0.2) is 60.7 Å². The molecule has 34 heavy (non-hydrogen) atoms. The maximum atomic E-state index is 13.1. The van der Waals surface area contributed by atoms with Crippen LogP contribution in [0, 0.1) is 0 Å². The van der Waals surface area contributed by atoms with Crippen LogP contribution < -0.4 is 11.1 Å². The minimum atomic E-state index is -0.976. The van der Waals surface area contributed by atoms with E-state index in [1.54, 1.807) is 11.8 Å². The van der Waals surface area contributed by atoms with Crippen molar-refractivity contribution in [2.45, 2.75) is 38.5 Å². The third-order valence-corrected chi connectivity index (χ3v) is 5.76. The number of rotatable bonds is 16. The molecule has 0 saturated carbocycles. The van der Waals surface area contributed by atoms with Crippen LogP contribution in [0.2, 0.25) is 0 Å². The van der Waals surface area contributed by atoms with Crippen LogP contribution in [0.5, 0.6) is 0 Å². The van der Waals surface area contributed by atoms with Crippen molar-refractivity contribution in [3.8, 4) is 0 Å². The van der Waals surface area contributed by atoms with Gasteiger partial charge in [0.1, 0.15) is 6.61 Å². The molecule has 0 aliphatic carbocycles. The minimum absolute atomic E-state index is 0.0106. The van der Waals surface area contributed by atoms with Gasteiger partial charge in [-0.15, -0.1) is 0 Å². The Balaban J connectivity index is 2.26. The molecule has 0 saturated heterocycles. The first-order chi connectivity index (χ1) is 16.4. The van der Waals surface area contributed by atoms with Gasteiger partial charge in [0.15, 0.2) is 11.6 Å². The number of ketones is 2. The molecule has 0 bridgehead atoms. The molecule has 2 aromatic carbocycles. The fourth-order valence-corrected chi connectivity index (χ4v) is 4.14. The first kappa shape index (κ1) is 27.7. The topological polar surface area (TPSA) is 102 Å². The van der Waals surface area contributed by atoms with E-state index < -0.39 is 5.66 Å². The Hall–Kier alpha value is -2.52. The van der Waals surface area contributed by atoms with E-state index in [-0.39, 0.29) is 50.1 Å². The lowest BCUT2D eigenvalue weighted by molar-refractivity contribution is -0.145. The number of nitrogens with two attached hydrogens (primary N) is 1. The maximum absolute atomic E-state index is 13.1. The van der Waals surface area contributed by atoms with Crippen LogP contribution in [0.1, 0.15) is 30.9 Å². The van der Waals surface area contributed by atoms with Gasteiger partial charge in [0, 0.05) is 12.8 Å². The summed E-state index contributed by atoms with van der Waals surface area (Å²) in [7, 11) is 0. The van der Waals surface area contributed by atoms with Crippen molar-refractivity contribution in [2.24, 2.45) is 5.73 Å². The number of ether oxygens (including phenoxy) is 1. The zero-order valence-corrected chi connectivity index (χ0v) is 20.6. The summed E-state index contributed by atoms with van der Waals surface area (Å²) in [5, 5.41) is 3.27. The molecular formula is C26H35N3O4S. The van der Waals surface area contributed by atoms with Gasteiger partial charge in [-0.3, -0.25) is 19.7 Å². The van der Waals surface area contributed by atoms with Crippen LogP contribution in [0.25, 0.3) is 0 Å². The highest BCUT2D eigenvalue weighted by Crippen LogP contribution is 2.25. The predicted octanol–water partition coefficient (Wildman–Crippen LogP) is 2.39. The fraction of sp³-hybridized carbons (Fsp3) is 0.423. The van der Waals surface area contributed by atoms with Crippen LogP contribution in [0.4, 0.5) is 0 Å². The first-order valence-corrected chi connectivity index (χ1v) is 12.1. The molecule has 0 aromatic heterocycles. The molecule has 1 atom stereocenters. The van der Waals surface area contributed by atoms with Gasteiger partial charge in [-0.05, 0) is 23.3 Å². The molecule has 1 unspecified atom stereocenters. The summed E-state index contributed by atoms with van der Waals surface area (Å²) in [6.45, 7) is 1.69. The molecule has 1 amide bonds. The molecule has 2 rings (SSSR count). The van der Waals surface area contributed by atoms with Gasteiger partial charge < -0.3 is 15.4 Å². The third kappa shape index (κ3) is 8.68. The van der Waals surface area contributed by atoms with E-state index in [0.29, 0.717) is 25.2 Å². The summed E-state index contributed by atoms with van der Waals surface area (Å²) in [5.41, 5.74) is 6.48. The summed E-state index contributed by atoms with van der Waals surface area (Å²) >= 11 is 4.43. The Morgan fingerprint density at radius 3 is 2.18 bits per heavy atom. The number of nitrogens with zero attached hydrogens (tertiary/aromatic N) is 1. The van der Waals surface area contributed by atoms with Crippen LogP contribution in [0.3, 0.4) is 0 Å². The standard InChI is InChI=1S/C26H35N3O4S/c1-2-25(32)29(18-24(31)20-33-19-22-11-7-4-8-12-22)26(13-14-34,28-17-23(30)16-27)15-21-9-5-3-6-10-21/h3-12,28,34H,2,13-20,27H2,1H3. The Morgan fingerprint density at radius 2 is 1.62 bits per heavy atom. The molecule has 0 radical (unpaired) electrons. The number of nitrogens with one attached hydrogen (secondary N) is 1. The van der Waals surface area contributed by atoms with E-state index >= 15 is 0 Å². The Bertz CT molecular complexity index is 911. The molecule has 8 heteroatoms. The van der Waals surface area contributed by atoms with Crippen molar-refractivity contribution in [3.05, 3.63) is 71.8 Å². The lowest BCUT2D eigenvalue weighted by Crippen LogP contribution is -2.64. The second-order valence-corrected chi connectivity index (χ2v) is 8.56. The largest absolute Gasteiger partial charge is 0.369 e. The highest BCUT2D eigenvalue weighted by atomic mass is 32.1. The van der Waals surface area contributed by atoms with E-state index in [1.807, 2.05) is 60.7 Å². The van der Waals surface area contributed by atoms with E-state index in [0.717, 1.165) is 11.1 Å². The second-order valence-electron chi connectivity index (χ2n) is 8.11. The molecule has 7 nitrogen and oxygen atoms in total. The van der Waals surface area contributed by atoms with E-state index in [1.165, 1.54) is 0 Å². The number of carbonyl (C=O) groups is 3. The summed E-state index contributed by atoms with van der Waals surface area (Å²) in [6, 6.07) is 19.2. The molecule has 184 valence electrons. The van der Waals surface area contributed by atoms with Crippen molar-refractivity contribution in [1.82, 2.24) is 10.2 Å². The fourth-order valence-electron chi connectivity index (χ4n) is 3.77. The number of hydrogen-bond acceptors (Lipinski definition) is 7. The highest BCUT2D eigenvalue weighted by molar-refractivity contribution is 7.80. The molecule has 0 fully saturated rings. The Labute approximate surface area is 207 Å². The summed E-state index contributed by atoms with van der Waals surface area (Å²) in [6.07, 6.45) is 1.07. The number of amides is 1. The first-order valence-electron chi connectivity index (χ1n) is 11.5. The maximum Gasteiger partial charge on any atom is 0.224 e. The van der Waals surface area contributed by atoms with Gasteiger partial charge in [0.25, 0.3) is 0 Å². The summed E-state index contributed by atoms with van der Waals surface area (Å²) < 4.78 is 5.61. The monoisotopic (exact) mass is 485 g/mol. The number of hydrogen-bond donors (Lipinski definition) is 3. The van der Waals surface area contributed by atoms with E-state index in [4.69, 9.17) is 10.5 Å². The van der Waals surface area contributed by atoms with Crippen LogP contribution >= 0.6 is 12.6 Å². The molecule has 3 N–H and O–H groups in total. The average Bonchev–Trinajstić information content (AvgIpc) is 2.86. The van der Waals surface area contributed by atoms with Gasteiger partial charge in [-0.25, -0.2) is 0 Å². The predicted molar refractivity (Wildman–Crippen MR) is 137 cm³/mol. The SMILES string of the molecule is CCC(=O)N(CC(=O)COCc1ccccc1)C(CCS)(Cc1ccccc1)NCC(=O)CN. The number of thiol groups is 1. The van der Waals surface area contributed by atoms with Gasteiger partial charge >= 0.3 is 0 Å². The third-order valence-electron chi connectivity index (χ3n) is 5.54. The van der Waals surface area contributed by atoms with Gasteiger partial charge in [-0.1, -0.05) is 67.6 Å². The average molecular weight is 486 g/mol. The zero-order chi connectivity index (χ0) is 24.8. The molecule has 0 aliphatic rings. The molecule has 0 spiro atoms. The van der Waals surface area contributed by atoms with Crippen molar-refractivity contribution in [2.75, 3.05) is 32.0 Å². The molecule has 2 aromatic rings. The van der Waals surface area contributed by atoms with E-state index in [9.17, 15) is 14.4 Å². The Morgan fingerprint density at radius 1 is 1.00 bits per heavy atom. The lowest BCUT2D eigenvalue weighted by atomic mass is 9.93. The molecule has 0 heterocycles. The highest BCUT2D eigenvalue weighted by Gasteiger charge is 2.39. The normalized spacial score (nSPS) is 12.7. The van der Waals surface area contributed by atoms with Crippen molar-refractivity contribution in [3.63, 3.8) is 0 Å². The van der Waals surface area contributed by atoms with Gasteiger partial charge in [-0.2, -0.15) is 12.6 Å². The van der Waals surface area contributed by atoms with Crippen LogP contribution in [-0.4, -0.2) is 60.0 Å². The second kappa shape index (κ2) is 14.7.